The number of nitrogens with one attached hydrogen (secondary N) is 1. The minimum atomic E-state index is -0.354. The summed E-state index contributed by atoms with van der Waals surface area (Å²) in [6.45, 7) is 0. The second kappa shape index (κ2) is 7.41. The standard InChI is InChI=1S/C19H16ClN3O3/c1-23-10-9-21-18(23)17(24)12-3-6-14(7-4-12)22-19(25)15-11-13(20)5-8-16(15)26-2/h3-11H,1-2H3,(H,22,25). The quantitative estimate of drug-likeness (QED) is 0.698. The molecule has 6 nitrogen and oxygen atoms in total. The minimum Gasteiger partial charge on any atom is -0.496 e. The molecule has 0 bridgehead atoms. The molecule has 0 aliphatic carbocycles. The number of benzene rings is 2. The molecule has 1 heterocycles. The number of ether oxygens (including phenoxy) is 1. The van der Waals surface area contributed by atoms with Crippen molar-refractivity contribution in [2.24, 2.45) is 7.05 Å². The van der Waals surface area contributed by atoms with E-state index >= 15 is 0 Å². The van der Waals surface area contributed by atoms with Crippen molar-refractivity contribution in [3.05, 3.63) is 76.8 Å². The lowest BCUT2D eigenvalue weighted by atomic mass is 10.1. The predicted molar refractivity (Wildman–Crippen MR) is 99.0 cm³/mol. The summed E-state index contributed by atoms with van der Waals surface area (Å²) < 4.78 is 6.85. The van der Waals surface area contributed by atoms with E-state index in [1.54, 1.807) is 60.4 Å². The van der Waals surface area contributed by atoms with Crippen LogP contribution in [0.5, 0.6) is 5.75 Å². The number of rotatable bonds is 5. The first-order chi connectivity index (χ1) is 12.5. The molecule has 0 aliphatic rings. The smallest absolute Gasteiger partial charge is 0.259 e. The molecule has 0 aliphatic heterocycles. The average molecular weight is 370 g/mol. The highest BCUT2D eigenvalue weighted by atomic mass is 35.5. The molecule has 0 fully saturated rings. The molecule has 1 aromatic heterocycles. The van der Waals surface area contributed by atoms with Crippen LogP contribution in [0.4, 0.5) is 5.69 Å². The Hall–Kier alpha value is -3.12. The number of halogens is 1. The van der Waals surface area contributed by atoms with Crippen LogP contribution < -0.4 is 10.1 Å². The largest absolute Gasteiger partial charge is 0.496 e. The molecule has 3 aromatic rings. The van der Waals surface area contributed by atoms with Gasteiger partial charge >= 0.3 is 0 Å². The van der Waals surface area contributed by atoms with Crippen LogP contribution in [0.3, 0.4) is 0 Å². The molecule has 0 saturated heterocycles. The Bertz CT molecular complexity index is 964. The van der Waals surface area contributed by atoms with Crippen molar-refractivity contribution in [3.63, 3.8) is 0 Å². The third-order valence-corrected chi connectivity index (χ3v) is 4.07. The molecule has 1 amide bonds. The number of amides is 1. The number of carbonyl (C=O) groups is 2. The minimum absolute atomic E-state index is 0.188. The fraction of sp³-hybridized carbons (Fsp3) is 0.105. The maximum Gasteiger partial charge on any atom is 0.259 e. The number of aromatic nitrogens is 2. The molecule has 3 rings (SSSR count). The summed E-state index contributed by atoms with van der Waals surface area (Å²) in [6, 6.07) is 11.4. The van der Waals surface area contributed by atoms with E-state index in [1.807, 2.05) is 0 Å². The SMILES string of the molecule is COc1ccc(Cl)cc1C(=O)Nc1ccc(C(=O)c2nccn2C)cc1. The van der Waals surface area contributed by atoms with Crippen molar-refractivity contribution >= 4 is 29.0 Å². The highest BCUT2D eigenvalue weighted by molar-refractivity contribution is 6.31. The van der Waals surface area contributed by atoms with Crippen LogP contribution in [0.2, 0.25) is 5.02 Å². The number of hydrogen-bond acceptors (Lipinski definition) is 4. The van der Waals surface area contributed by atoms with E-state index in [9.17, 15) is 9.59 Å². The van der Waals surface area contributed by atoms with Gasteiger partial charge in [0.25, 0.3) is 5.91 Å². The Morgan fingerprint density at radius 1 is 1.15 bits per heavy atom. The zero-order chi connectivity index (χ0) is 18.7. The molecule has 0 unspecified atom stereocenters. The number of hydrogen-bond donors (Lipinski definition) is 1. The summed E-state index contributed by atoms with van der Waals surface area (Å²) >= 11 is 5.96. The highest BCUT2D eigenvalue weighted by Crippen LogP contribution is 2.24. The van der Waals surface area contributed by atoms with E-state index < -0.39 is 0 Å². The summed E-state index contributed by atoms with van der Waals surface area (Å²) in [5.41, 5.74) is 1.36. The van der Waals surface area contributed by atoms with E-state index in [-0.39, 0.29) is 11.7 Å². The lowest BCUT2D eigenvalue weighted by Crippen LogP contribution is -2.13. The van der Waals surface area contributed by atoms with Gasteiger partial charge in [0.15, 0.2) is 5.82 Å². The average Bonchev–Trinajstić information content (AvgIpc) is 3.07. The summed E-state index contributed by atoms with van der Waals surface area (Å²) in [4.78, 5) is 28.9. The van der Waals surface area contributed by atoms with Crippen molar-refractivity contribution in [2.45, 2.75) is 0 Å². The zero-order valence-electron chi connectivity index (χ0n) is 14.2. The maximum atomic E-state index is 12.5. The summed E-state index contributed by atoms with van der Waals surface area (Å²) in [6.07, 6.45) is 3.28. The van der Waals surface area contributed by atoms with Gasteiger partial charge in [0.1, 0.15) is 5.75 Å². The Morgan fingerprint density at radius 3 is 2.50 bits per heavy atom. The lowest BCUT2D eigenvalue weighted by molar-refractivity contribution is 0.101. The van der Waals surface area contributed by atoms with Crippen molar-refractivity contribution in [1.29, 1.82) is 0 Å². The molecule has 2 aromatic carbocycles. The number of ketones is 1. The first kappa shape index (κ1) is 17.7. The second-order valence-electron chi connectivity index (χ2n) is 5.57. The third kappa shape index (κ3) is 3.60. The van der Waals surface area contributed by atoms with Crippen LogP contribution in [0.15, 0.2) is 54.9 Å². The van der Waals surface area contributed by atoms with Crippen molar-refractivity contribution < 1.29 is 14.3 Å². The fourth-order valence-corrected chi connectivity index (χ4v) is 2.65. The van der Waals surface area contributed by atoms with Gasteiger partial charge in [0, 0.05) is 35.7 Å². The van der Waals surface area contributed by atoms with Gasteiger partial charge in [-0.2, -0.15) is 0 Å². The molecule has 0 atom stereocenters. The van der Waals surface area contributed by atoms with Gasteiger partial charge in [-0.15, -0.1) is 0 Å². The Kier molecular flexibility index (Phi) is 5.04. The Balaban J connectivity index is 1.78. The van der Waals surface area contributed by atoms with Crippen LogP contribution in [-0.2, 0) is 7.05 Å². The Morgan fingerprint density at radius 2 is 1.88 bits per heavy atom. The van der Waals surface area contributed by atoms with E-state index in [2.05, 4.69) is 10.3 Å². The summed E-state index contributed by atoms with van der Waals surface area (Å²) in [5, 5.41) is 3.20. The van der Waals surface area contributed by atoms with Gasteiger partial charge < -0.3 is 14.6 Å². The van der Waals surface area contributed by atoms with Crippen LogP contribution in [0.25, 0.3) is 0 Å². The molecule has 0 spiro atoms. The van der Waals surface area contributed by atoms with Crippen LogP contribution in [0, 0.1) is 0 Å². The normalized spacial score (nSPS) is 10.4. The molecule has 26 heavy (non-hydrogen) atoms. The van der Waals surface area contributed by atoms with Crippen molar-refractivity contribution in [2.75, 3.05) is 12.4 Å². The zero-order valence-corrected chi connectivity index (χ0v) is 14.9. The highest BCUT2D eigenvalue weighted by Gasteiger charge is 2.15. The van der Waals surface area contributed by atoms with Gasteiger partial charge in [-0.1, -0.05) is 11.6 Å². The summed E-state index contributed by atoms with van der Waals surface area (Å²) in [5.74, 6) is 0.235. The van der Waals surface area contributed by atoms with Crippen LogP contribution in [0.1, 0.15) is 26.5 Å². The lowest BCUT2D eigenvalue weighted by Gasteiger charge is -2.10. The molecule has 7 heteroatoms. The van der Waals surface area contributed by atoms with Gasteiger partial charge in [0.2, 0.25) is 5.78 Å². The molecule has 0 radical (unpaired) electrons. The molecular formula is C19H16ClN3O3. The van der Waals surface area contributed by atoms with Gasteiger partial charge in [-0.3, -0.25) is 9.59 Å². The third-order valence-electron chi connectivity index (χ3n) is 3.84. The maximum absolute atomic E-state index is 12.5. The van der Waals surface area contributed by atoms with Gasteiger partial charge in [0.05, 0.1) is 12.7 Å². The van der Waals surface area contributed by atoms with E-state index in [0.717, 1.165) is 0 Å². The van der Waals surface area contributed by atoms with Gasteiger partial charge in [-0.05, 0) is 42.5 Å². The fourth-order valence-electron chi connectivity index (χ4n) is 2.47. The summed E-state index contributed by atoms with van der Waals surface area (Å²) in [7, 11) is 3.24. The van der Waals surface area contributed by atoms with E-state index in [1.165, 1.54) is 13.2 Å². The number of imidazole rings is 1. The van der Waals surface area contributed by atoms with Crippen molar-refractivity contribution in [3.8, 4) is 5.75 Å². The Labute approximate surface area is 155 Å². The molecular weight excluding hydrogens is 354 g/mol. The first-order valence-corrected chi connectivity index (χ1v) is 8.14. The number of nitrogens with zero attached hydrogens (tertiary/aromatic N) is 2. The number of anilines is 1. The molecule has 1 N–H and O–H groups in total. The van der Waals surface area contributed by atoms with Crippen LogP contribution in [-0.4, -0.2) is 28.4 Å². The van der Waals surface area contributed by atoms with E-state index in [4.69, 9.17) is 16.3 Å². The number of carbonyl (C=O) groups excluding carboxylic acids is 2. The number of aryl methyl sites for hydroxylation is 1. The van der Waals surface area contributed by atoms with Crippen LogP contribution >= 0.6 is 11.6 Å². The number of methoxy groups -OCH3 is 1. The first-order valence-electron chi connectivity index (χ1n) is 7.76. The molecule has 132 valence electrons. The predicted octanol–water partition coefficient (Wildman–Crippen LogP) is 3.57. The van der Waals surface area contributed by atoms with Gasteiger partial charge in [-0.25, -0.2) is 4.98 Å². The monoisotopic (exact) mass is 369 g/mol. The second-order valence-corrected chi connectivity index (χ2v) is 6.00. The van der Waals surface area contributed by atoms with Crippen molar-refractivity contribution in [1.82, 2.24) is 9.55 Å². The topological polar surface area (TPSA) is 73.2 Å². The molecule has 0 saturated carbocycles. The van der Waals surface area contributed by atoms with E-state index in [0.29, 0.717) is 33.4 Å².